The number of nitrogens with zero attached hydrogens (tertiary/aromatic N) is 2. The summed E-state index contributed by atoms with van der Waals surface area (Å²) >= 11 is 4.16. The average Bonchev–Trinajstić information content (AvgIpc) is 2.91. The van der Waals surface area contributed by atoms with E-state index in [2.05, 4.69) is 26.2 Å². The van der Waals surface area contributed by atoms with Crippen LogP contribution in [0.4, 0.5) is 4.79 Å². The molecule has 1 saturated heterocycles. The quantitative estimate of drug-likeness (QED) is 0.710. The lowest BCUT2D eigenvalue weighted by Crippen LogP contribution is -2.37. The molecule has 27 heavy (non-hydrogen) atoms. The zero-order valence-electron chi connectivity index (χ0n) is 14.4. The first-order valence-corrected chi connectivity index (χ1v) is 9.76. The third-order valence-corrected chi connectivity index (χ3v) is 5.18. The number of hydrogen-bond acceptors (Lipinski definition) is 5. The normalized spacial score (nSPS) is 15.5. The van der Waals surface area contributed by atoms with Crippen molar-refractivity contribution >= 4 is 50.8 Å². The Morgan fingerprint density at radius 3 is 2.70 bits per heavy atom. The molecule has 0 aliphatic carbocycles. The van der Waals surface area contributed by atoms with Crippen molar-refractivity contribution in [1.29, 1.82) is 0 Å². The highest BCUT2D eigenvalue weighted by Gasteiger charge is 2.34. The maximum absolute atomic E-state index is 12.5. The van der Waals surface area contributed by atoms with E-state index in [0.717, 1.165) is 27.8 Å². The van der Waals surface area contributed by atoms with Gasteiger partial charge >= 0.3 is 0 Å². The van der Waals surface area contributed by atoms with Crippen LogP contribution in [0.3, 0.4) is 0 Å². The van der Waals surface area contributed by atoms with E-state index in [4.69, 9.17) is 0 Å². The van der Waals surface area contributed by atoms with Crippen LogP contribution in [0.25, 0.3) is 6.08 Å². The standard InChI is InChI=1S/C19H16BrN3O3S/c1-12-2-4-13(5-3-12)8-16-18(25)23(19(26)27-16)7-6-22-17(24)14-9-15(20)11-21-10-14/h2-5,8-11H,6-7H2,1H3,(H,22,24)/b16-8-. The molecule has 3 amide bonds. The average molecular weight is 446 g/mol. The first-order chi connectivity index (χ1) is 12.9. The summed E-state index contributed by atoms with van der Waals surface area (Å²) in [5, 5.41) is 2.35. The maximum Gasteiger partial charge on any atom is 0.293 e. The Balaban J connectivity index is 1.59. The van der Waals surface area contributed by atoms with Crippen molar-refractivity contribution in [2.75, 3.05) is 13.1 Å². The summed E-state index contributed by atoms with van der Waals surface area (Å²) in [6.45, 7) is 2.26. The van der Waals surface area contributed by atoms with E-state index in [-0.39, 0.29) is 30.1 Å². The SMILES string of the molecule is Cc1ccc(/C=C2\SC(=O)N(CCNC(=O)c3cncc(Br)c3)C2=O)cc1. The Hall–Kier alpha value is -2.45. The Kier molecular flexibility index (Phi) is 6.08. The lowest BCUT2D eigenvalue weighted by Gasteiger charge is -2.13. The van der Waals surface area contributed by atoms with Crippen molar-refractivity contribution in [3.63, 3.8) is 0 Å². The molecule has 1 N–H and O–H groups in total. The van der Waals surface area contributed by atoms with Gasteiger partial charge in [-0.3, -0.25) is 24.3 Å². The molecule has 6 nitrogen and oxygen atoms in total. The smallest absolute Gasteiger partial charge is 0.293 e. The molecule has 138 valence electrons. The van der Waals surface area contributed by atoms with Crippen molar-refractivity contribution in [3.05, 3.63) is 68.8 Å². The first-order valence-electron chi connectivity index (χ1n) is 8.15. The lowest BCUT2D eigenvalue weighted by atomic mass is 10.1. The van der Waals surface area contributed by atoms with E-state index in [1.54, 1.807) is 18.3 Å². The maximum atomic E-state index is 12.5. The van der Waals surface area contributed by atoms with Crippen LogP contribution in [0.1, 0.15) is 21.5 Å². The van der Waals surface area contributed by atoms with E-state index >= 15 is 0 Å². The number of halogens is 1. The van der Waals surface area contributed by atoms with Crippen molar-refractivity contribution in [2.24, 2.45) is 0 Å². The third kappa shape index (κ3) is 4.84. The van der Waals surface area contributed by atoms with Gasteiger partial charge in [0.2, 0.25) is 0 Å². The number of pyridine rings is 1. The van der Waals surface area contributed by atoms with Crippen LogP contribution in [0.2, 0.25) is 0 Å². The third-order valence-electron chi connectivity index (χ3n) is 3.84. The van der Waals surface area contributed by atoms with E-state index in [1.165, 1.54) is 6.20 Å². The minimum absolute atomic E-state index is 0.114. The van der Waals surface area contributed by atoms with E-state index in [9.17, 15) is 14.4 Å². The molecule has 0 saturated carbocycles. The zero-order chi connectivity index (χ0) is 19.4. The number of carbonyl (C=O) groups excluding carboxylic acids is 3. The van der Waals surface area contributed by atoms with Gasteiger partial charge < -0.3 is 5.32 Å². The van der Waals surface area contributed by atoms with Gasteiger partial charge in [0.15, 0.2) is 0 Å². The van der Waals surface area contributed by atoms with Crippen molar-refractivity contribution in [3.8, 4) is 0 Å². The number of amides is 3. The second-order valence-electron chi connectivity index (χ2n) is 5.89. The number of aromatic nitrogens is 1. The van der Waals surface area contributed by atoms with Gasteiger partial charge in [0.05, 0.1) is 10.5 Å². The molecular weight excluding hydrogens is 430 g/mol. The molecule has 1 fully saturated rings. The molecule has 8 heteroatoms. The fourth-order valence-corrected chi connectivity index (χ4v) is 3.66. The van der Waals surface area contributed by atoms with Crippen molar-refractivity contribution in [1.82, 2.24) is 15.2 Å². The Morgan fingerprint density at radius 1 is 1.26 bits per heavy atom. The summed E-state index contributed by atoms with van der Waals surface area (Å²) in [6.07, 6.45) is 4.73. The second-order valence-corrected chi connectivity index (χ2v) is 7.80. The zero-order valence-corrected chi connectivity index (χ0v) is 16.8. The van der Waals surface area contributed by atoms with Gasteiger partial charge in [-0.15, -0.1) is 0 Å². The highest BCUT2D eigenvalue weighted by molar-refractivity contribution is 9.10. The molecule has 3 rings (SSSR count). The van der Waals surface area contributed by atoms with Crippen molar-refractivity contribution in [2.45, 2.75) is 6.92 Å². The van der Waals surface area contributed by atoms with Gasteiger partial charge in [0, 0.05) is 30.0 Å². The summed E-state index contributed by atoms with van der Waals surface area (Å²) in [5.74, 6) is -0.657. The summed E-state index contributed by atoms with van der Waals surface area (Å²) in [5.41, 5.74) is 2.39. The Morgan fingerprint density at radius 2 is 2.00 bits per heavy atom. The van der Waals surface area contributed by atoms with Gasteiger partial charge in [0.1, 0.15) is 0 Å². The number of aryl methyl sites for hydroxylation is 1. The van der Waals surface area contributed by atoms with Crippen LogP contribution in [-0.2, 0) is 4.79 Å². The molecule has 0 bridgehead atoms. The number of carbonyl (C=O) groups is 3. The Labute approximate surface area is 169 Å². The molecule has 2 aromatic rings. The summed E-state index contributed by atoms with van der Waals surface area (Å²) in [4.78, 5) is 42.1. The molecule has 1 aromatic heterocycles. The fraction of sp³-hybridized carbons (Fsp3) is 0.158. The minimum Gasteiger partial charge on any atom is -0.350 e. The predicted octanol–water partition coefficient (Wildman–Crippen LogP) is 3.62. The predicted molar refractivity (Wildman–Crippen MR) is 108 cm³/mol. The molecule has 0 radical (unpaired) electrons. The molecule has 1 aromatic carbocycles. The summed E-state index contributed by atoms with van der Waals surface area (Å²) in [6, 6.07) is 9.34. The number of hydrogen-bond donors (Lipinski definition) is 1. The van der Waals surface area contributed by atoms with Crippen LogP contribution in [0.15, 0.2) is 52.1 Å². The lowest BCUT2D eigenvalue weighted by molar-refractivity contribution is -0.122. The van der Waals surface area contributed by atoms with E-state index in [0.29, 0.717) is 14.9 Å². The molecule has 1 aliphatic rings. The molecule has 0 unspecified atom stereocenters. The first kappa shape index (κ1) is 19.3. The van der Waals surface area contributed by atoms with Crippen LogP contribution in [0.5, 0.6) is 0 Å². The van der Waals surface area contributed by atoms with Crippen LogP contribution in [0, 0.1) is 6.92 Å². The van der Waals surface area contributed by atoms with Gasteiger partial charge in [-0.05, 0) is 52.3 Å². The number of imide groups is 1. The molecule has 0 spiro atoms. The summed E-state index contributed by atoms with van der Waals surface area (Å²) < 4.78 is 0.697. The number of rotatable bonds is 5. The number of nitrogens with one attached hydrogen (secondary N) is 1. The van der Waals surface area contributed by atoms with E-state index < -0.39 is 0 Å². The second kappa shape index (κ2) is 8.49. The van der Waals surface area contributed by atoms with Gasteiger partial charge in [0.25, 0.3) is 17.1 Å². The minimum atomic E-state index is -0.344. The van der Waals surface area contributed by atoms with E-state index in [1.807, 2.05) is 31.2 Å². The fourth-order valence-electron chi connectivity index (χ4n) is 2.43. The molecule has 1 aliphatic heterocycles. The molecular formula is C19H16BrN3O3S. The molecule has 2 heterocycles. The highest BCUT2D eigenvalue weighted by atomic mass is 79.9. The van der Waals surface area contributed by atoms with Crippen LogP contribution >= 0.6 is 27.7 Å². The van der Waals surface area contributed by atoms with Crippen LogP contribution < -0.4 is 5.32 Å². The highest BCUT2D eigenvalue weighted by Crippen LogP contribution is 2.31. The number of benzene rings is 1. The monoisotopic (exact) mass is 445 g/mol. The van der Waals surface area contributed by atoms with Gasteiger partial charge in [-0.2, -0.15) is 0 Å². The van der Waals surface area contributed by atoms with Gasteiger partial charge in [-0.25, -0.2) is 0 Å². The topological polar surface area (TPSA) is 79.4 Å². The Bertz CT molecular complexity index is 928. The van der Waals surface area contributed by atoms with Gasteiger partial charge in [-0.1, -0.05) is 29.8 Å². The largest absolute Gasteiger partial charge is 0.350 e. The summed E-state index contributed by atoms with van der Waals surface area (Å²) in [7, 11) is 0. The molecule has 0 atom stereocenters. The van der Waals surface area contributed by atoms with Crippen molar-refractivity contribution < 1.29 is 14.4 Å². The number of thioether (sulfide) groups is 1. The van der Waals surface area contributed by atoms with Crippen LogP contribution in [-0.4, -0.2) is 40.0 Å².